The van der Waals surface area contributed by atoms with Crippen LogP contribution in [0.25, 0.3) is 11.0 Å². The molecule has 4 rings (SSSR count). The van der Waals surface area contributed by atoms with Gasteiger partial charge in [0.05, 0.1) is 16.8 Å². The predicted octanol–water partition coefficient (Wildman–Crippen LogP) is 3.14. The van der Waals surface area contributed by atoms with Crippen LogP contribution in [0.1, 0.15) is 16.1 Å². The Hall–Kier alpha value is -3.92. The van der Waals surface area contributed by atoms with E-state index in [4.69, 9.17) is 8.94 Å². The summed E-state index contributed by atoms with van der Waals surface area (Å²) in [6, 6.07) is 13.1. The maximum absolute atomic E-state index is 12.8. The van der Waals surface area contributed by atoms with Crippen molar-refractivity contribution in [2.45, 2.75) is 11.8 Å². The summed E-state index contributed by atoms with van der Waals surface area (Å²) in [7, 11) is -3.92. The molecule has 0 saturated heterocycles. The van der Waals surface area contributed by atoms with E-state index in [1.54, 1.807) is 25.1 Å². The summed E-state index contributed by atoms with van der Waals surface area (Å²) in [6.45, 7) is 1.61. The molecule has 4 aromatic rings. The first-order chi connectivity index (χ1) is 14.3. The van der Waals surface area contributed by atoms with Crippen molar-refractivity contribution in [1.82, 2.24) is 5.16 Å². The molecule has 2 aromatic carbocycles. The van der Waals surface area contributed by atoms with Crippen molar-refractivity contribution in [3.63, 3.8) is 0 Å². The Morgan fingerprint density at radius 1 is 1.03 bits per heavy atom. The molecule has 2 aromatic heterocycles. The number of benzene rings is 2. The third-order valence-corrected chi connectivity index (χ3v) is 5.65. The average Bonchev–Trinajstić information content (AvgIpc) is 3.13. The molecule has 0 aliphatic rings. The zero-order valence-corrected chi connectivity index (χ0v) is 16.4. The fraction of sp³-hybridized carbons (Fsp3) is 0.0500. The van der Waals surface area contributed by atoms with Gasteiger partial charge in [-0.1, -0.05) is 11.2 Å². The Morgan fingerprint density at radius 2 is 1.83 bits per heavy atom. The highest BCUT2D eigenvalue weighted by molar-refractivity contribution is 7.92. The lowest BCUT2D eigenvalue weighted by Gasteiger charge is -2.10. The molecule has 0 unspecified atom stereocenters. The van der Waals surface area contributed by atoms with Crippen LogP contribution >= 0.6 is 0 Å². The molecule has 10 heteroatoms. The standard InChI is InChI=1S/C20H15N3O6S/c1-12-17(11-21-29-12)20(25)22-14-3-2-4-15(10-14)23-30(26,27)16-6-7-18-13(9-16)5-8-19(24)28-18/h2-11,23H,1H3,(H,22,25). The first kappa shape index (κ1) is 19.4. The van der Waals surface area contributed by atoms with Gasteiger partial charge in [-0.05, 0) is 49.4 Å². The molecular formula is C20H15N3O6S. The molecule has 0 saturated carbocycles. The van der Waals surface area contributed by atoms with Gasteiger partial charge in [-0.15, -0.1) is 0 Å². The number of rotatable bonds is 5. The summed E-state index contributed by atoms with van der Waals surface area (Å²) >= 11 is 0. The molecule has 0 aliphatic carbocycles. The van der Waals surface area contributed by atoms with Crippen molar-refractivity contribution >= 4 is 38.3 Å². The lowest BCUT2D eigenvalue weighted by atomic mass is 10.2. The highest BCUT2D eigenvalue weighted by Crippen LogP contribution is 2.23. The molecule has 0 atom stereocenters. The number of hydrogen-bond donors (Lipinski definition) is 2. The van der Waals surface area contributed by atoms with Gasteiger partial charge in [0, 0.05) is 17.1 Å². The Bertz CT molecular complexity index is 1420. The molecule has 2 heterocycles. The molecule has 0 fully saturated rings. The van der Waals surface area contributed by atoms with E-state index in [9.17, 15) is 18.0 Å². The Balaban J connectivity index is 1.57. The topological polar surface area (TPSA) is 132 Å². The zero-order valence-electron chi connectivity index (χ0n) is 15.6. The third kappa shape index (κ3) is 3.94. The van der Waals surface area contributed by atoms with E-state index in [1.165, 1.54) is 42.6 Å². The Kier molecular flexibility index (Phi) is 4.84. The van der Waals surface area contributed by atoms with Crippen LogP contribution in [0.2, 0.25) is 0 Å². The summed E-state index contributed by atoms with van der Waals surface area (Å²) in [5.74, 6) is -0.0544. The highest BCUT2D eigenvalue weighted by atomic mass is 32.2. The number of amides is 1. The van der Waals surface area contributed by atoms with Crippen LogP contribution in [0.4, 0.5) is 11.4 Å². The van der Waals surface area contributed by atoms with E-state index in [-0.39, 0.29) is 21.7 Å². The summed E-state index contributed by atoms with van der Waals surface area (Å²) in [5, 5.41) is 6.70. The average molecular weight is 425 g/mol. The summed E-state index contributed by atoms with van der Waals surface area (Å²) in [4.78, 5) is 23.6. The molecule has 9 nitrogen and oxygen atoms in total. The lowest BCUT2D eigenvalue weighted by molar-refractivity contribution is 0.102. The third-order valence-electron chi connectivity index (χ3n) is 4.27. The SMILES string of the molecule is Cc1oncc1C(=O)Nc1cccc(NS(=O)(=O)c2ccc3oc(=O)ccc3c2)c1. The maximum Gasteiger partial charge on any atom is 0.336 e. The quantitative estimate of drug-likeness (QED) is 0.470. The second-order valence-corrected chi connectivity index (χ2v) is 8.07. The number of nitrogens with zero attached hydrogens (tertiary/aromatic N) is 1. The first-order valence-corrected chi connectivity index (χ1v) is 10.2. The van der Waals surface area contributed by atoms with Crippen LogP contribution in [0, 0.1) is 6.92 Å². The van der Waals surface area contributed by atoms with Gasteiger partial charge in [-0.2, -0.15) is 0 Å². The fourth-order valence-electron chi connectivity index (χ4n) is 2.81. The number of hydrogen-bond acceptors (Lipinski definition) is 7. The van der Waals surface area contributed by atoms with Crippen LogP contribution in [-0.2, 0) is 10.0 Å². The van der Waals surface area contributed by atoms with E-state index < -0.39 is 21.6 Å². The summed E-state index contributed by atoms with van der Waals surface area (Å²) in [6.07, 6.45) is 1.30. The van der Waals surface area contributed by atoms with E-state index in [0.717, 1.165) is 0 Å². The zero-order chi connectivity index (χ0) is 21.3. The van der Waals surface area contributed by atoms with Gasteiger partial charge in [-0.3, -0.25) is 9.52 Å². The fourth-order valence-corrected chi connectivity index (χ4v) is 3.89. The maximum atomic E-state index is 12.8. The molecule has 2 N–H and O–H groups in total. The highest BCUT2D eigenvalue weighted by Gasteiger charge is 2.17. The normalized spacial score (nSPS) is 11.4. The minimum atomic E-state index is -3.92. The number of aryl methyl sites for hydroxylation is 1. The van der Waals surface area contributed by atoms with Gasteiger partial charge in [0.1, 0.15) is 16.9 Å². The van der Waals surface area contributed by atoms with Crippen LogP contribution in [-0.4, -0.2) is 19.5 Å². The summed E-state index contributed by atoms with van der Waals surface area (Å²) < 4.78 is 37.9. The van der Waals surface area contributed by atoms with Gasteiger partial charge in [-0.25, -0.2) is 13.2 Å². The predicted molar refractivity (Wildman–Crippen MR) is 109 cm³/mol. The van der Waals surface area contributed by atoms with Crippen molar-refractivity contribution in [2.24, 2.45) is 0 Å². The van der Waals surface area contributed by atoms with Crippen molar-refractivity contribution in [3.8, 4) is 0 Å². The second-order valence-electron chi connectivity index (χ2n) is 6.39. The molecule has 0 radical (unpaired) electrons. The van der Waals surface area contributed by atoms with Gasteiger partial charge in [0.2, 0.25) is 0 Å². The minimum absolute atomic E-state index is 0.00150. The number of carbonyl (C=O) groups excluding carboxylic acids is 1. The van der Waals surface area contributed by atoms with Crippen LogP contribution in [0.15, 0.2) is 79.4 Å². The van der Waals surface area contributed by atoms with E-state index in [2.05, 4.69) is 15.2 Å². The minimum Gasteiger partial charge on any atom is -0.423 e. The Morgan fingerprint density at radius 3 is 2.60 bits per heavy atom. The van der Waals surface area contributed by atoms with E-state index in [1.807, 2.05) is 0 Å². The molecule has 0 aliphatic heterocycles. The molecule has 0 spiro atoms. The van der Waals surface area contributed by atoms with Gasteiger partial charge >= 0.3 is 5.63 Å². The van der Waals surface area contributed by atoms with Crippen LogP contribution in [0.5, 0.6) is 0 Å². The monoisotopic (exact) mass is 425 g/mol. The lowest BCUT2D eigenvalue weighted by Crippen LogP contribution is -2.14. The molecular weight excluding hydrogens is 410 g/mol. The molecule has 0 bridgehead atoms. The van der Waals surface area contributed by atoms with Gasteiger partial charge in [0.15, 0.2) is 0 Å². The van der Waals surface area contributed by atoms with Crippen LogP contribution < -0.4 is 15.7 Å². The number of aromatic nitrogens is 1. The van der Waals surface area contributed by atoms with Gasteiger partial charge < -0.3 is 14.3 Å². The van der Waals surface area contributed by atoms with Crippen molar-refractivity contribution in [2.75, 3.05) is 10.0 Å². The number of anilines is 2. The number of carbonyl (C=O) groups is 1. The van der Waals surface area contributed by atoms with Crippen molar-refractivity contribution in [1.29, 1.82) is 0 Å². The summed E-state index contributed by atoms with van der Waals surface area (Å²) in [5.41, 5.74) is 0.700. The van der Waals surface area contributed by atoms with E-state index >= 15 is 0 Å². The molecule has 152 valence electrons. The Labute approximate surface area is 170 Å². The molecule has 30 heavy (non-hydrogen) atoms. The van der Waals surface area contributed by atoms with Crippen molar-refractivity contribution < 1.29 is 22.2 Å². The number of nitrogens with one attached hydrogen (secondary N) is 2. The number of sulfonamides is 1. The van der Waals surface area contributed by atoms with Crippen LogP contribution in [0.3, 0.4) is 0 Å². The largest absolute Gasteiger partial charge is 0.423 e. The van der Waals surface area contributed by atoms with E-state index in [0.29, 0.717) is 16.8 Å². The van der Waals surface area contributed by atoms with Gasteiger partial charge in [0.25, 0.3) is 15.9 Å². The second kappa shape index (κ2) is 7.48. The molecule has 1 amide bonds. The smallest absolute Gasteiger partial charge is 0.336 e. The first-order valence-electron chi connectivity index (χ1n) is 8.71. The van der Waals surface area contributed by atoms with Crippen molar-refractivity contribution in [3.05, 3.63) is 82.5 Å². The number of fused-ring (bicyclic) bond motifs is 1.